The molecule has 2 fully saturated rings. The Morgan fingerprint density at radius 2 is 1.96 bits per heavy atom. The minimum atomic E-state index is -5.03. The lowest BCUT2D eigenvalue weighted by Gasteiger charge is -2.29. The lowest BCUT2D eigenvalue weighted by atomic mass is 9.92. The predicted molar refractivity (Wildman–Crippen MR) is 173 cm³/mol. The van der Waals surface area contributed by atoms with E-state index < -0.39 is 40.6 Å². The second kappa shape index (κ2) is 12.4. The Kier molecular flexibility index (Phi) is 8.30. The summed E-state index contributed by atoms with van der Waals surface area (Å²) in [6, 6.07) is 4.89. The Labute approximate surface area is 280 Å². The van der Waals surface area contributed by atoms with Crippen LogP contribution in [0.3, 0.4) is 0 Å². The number of hydrogen-bond donors (Lipinski definition) is 1. The zero-order valence-corrected chi connectivity index (χ0v) is 27.2. The van der Waals surface area contributed by atoms with E-state index in [0.29, 0.717) is 36.9 Å². The molecule has 0 spiro atoms. The van der Waals surface area contributed by atoms with E-state index in [0.717, 1.165) is 42.4 Å². The molecule has 0 bridgehead atoms. The summed E-state index contributed by atoms with van der Waals surface area (Å²) in [6.45, 7) is 2.51. The SMILES string of the molecule is COc1nc(N2CCc3cnn(C)c3C2)c2cc(C(F)(F)F)c(-c3ccc(F)c4sc(N)c(C#N)c34)c(F)c2n1.FC1CC2CCCN2C1. The maximum atomic E-state index is 16.5. The normalized spacial score (nSPS) is 19.1. The highest BCUT2D eigenvalue weighted by Crippen LogP contribution is 2.48. The molecule has 0 saturated carbocycles. The lowest BCUT2D eigenvalue weighted by Crippen LogP contribution is -2.32. The molecule has 2 aromatic carbocycles. The van der Waals surface area contributed by atoms with E-state index in [1.807, 2.05) is 0 Å². The number of ether oxygens (including phenoxy) is 1. The van der Waals surface area contributed by atoms with Crippen molar-refractivity contribution in [2.24, 2.45) is 7.05 Å². The van der Waals surface area contributed by atoms with E-state index in [1.54, 1.807) is 28.9 Å². The van der Waals surface area contributed by atoms with Crippen LogP contribution in [0.1, 0.15) is 41.6 Å². The van der Waals surface area contributed by atoms with Crippen molar-refractivity contribution in [3.8, 4) is 23.2 Å². The number of nitrogens with zero attached hydrogens (tertiary/aromatic N) is 7. The second-order valence-corrected chi connectivity index (χ2v) is 13.4. The number of rotatable bonds is 3. The van der Waals surface area contributed by atoms with Crippen LogP contribution in [0.25, 0.3) is 32.1 Å². The van der Waals surface area contributed by atoms with Gasteiger partial charge in [-0.1, -0.05) is 6.07 Å². The first-order valence-corrected chi connectivity index (χ1v) is 16.4. The maximum Gasteiger partial charge on any atom is 0.417 e. The average Bonchev–Trinajstić information content (AvgIpc) is 3.84. The molecule has 256 valence electrons. The number of anilines is 2. The first-order valence-electron chi connectivity index (χ1n) is 15.6. The van der Waals surface area contributed by atoms with Crippen LogP contribution in [0.4, 0.5) is 37.2 Å². The molecule has 16 heteroatoms. The van der Waals surface area contributed by atoms with Crippen molar-refractivity contribution in [1.82, 2.24) is 24.6 Å². The molecule has 9 nitrogen and oxygen atoms in total. The third kappa shape index (κ3) is 5.68. The zero-order valence-electron chi connectivity index (χ0n) is 26.4. The van der Waals surface area contributed by atoms with Crippen molar-refractivity contribution in [3.63, 3.8) is 0 Å². The van der Waals surface area contributed by atoms with Crippen molar-refractivity contribution < 1.29 is 31.1 Å². The standard InChI is InChI=1S/C26H18F5N7OS.C7H12FN/c1-37-17-10-38(6-5-11(17)9-34-37)24-13-7-15(26(29,30)31)19(20(28)21(13)35-25(36-24)39-2)12-3-4-16(27)22-18(12)14(8-32)23(33)40-22;8-6-4-7-2-1-3-9(7)5-6/h3-4,7,9H,5-6,10,33H2,1-2H3;6-7H,1-5H2. The minimum absolute atomic E-state index is 0.0615. The van der Waals surface area contributed by atoms with Crippen LogP contribution in [-0.4, -0.2) is 63.6 Å². The summed E-state index contributed by atoms with van der Waals surface area (Å²) >= 11 is 0.702. The summed E-state index contributed by atoms with van der Waals surface area (Å²) in [5, 5.41) is 13.4. The van der Waals surface area contributed by atoms with Gasteiger partial charge in [-0.3, -0.25) is 9.58 Å². The van der Waals surface area contributed by atoms with Crippen LogP contribution >= 0.6 is 11.3 Å². The Morgan fingerprint density at radius 3 is 2.67 bits per heavy atom. The molecule has 2 N–H and O–H groups in total. The number of nitriles is 1. The van der Waals surface area contributed by atoms with E-state index in [9.17, 15) is 27.2 Å². The lowest BCUT2D eigenvalue weighted by molar-refractivity contribution is -0.137. The van der Waals surface area contributed by atoms with Crippen molar-refractivity contribution in [2.75, 3.05) is 37.4 Å². The van der Waals surface area contributed by atoms with Gasteiger partial charge in [-0.2, -0.15) is 33.5 Å². The molecule has 2 saturated heterocycles. The molecule has 49 heavy (non-hydrogen) atoms. The number of methoxy groups -OCH3 is 1. The fourth-order valence-electron chi connectivity index (χ4n) is 7.16. The topological polar surface area (TPSA) is 109 Å². The van der Waals surface area contributed by atoms with Gasteiger partial charge in [-0.15, -0.1) is 11.3 Å². The van der Waals surface area contributed by atoms with Crippen LogP contribution in [0.2, 0.25) is 0 Å². The average molecular weight is 701 g/mol. The van der Waals surface area contributed by atoms with Gasteiger partial charge in [0.2, 0.25) is 0 Å². The van der Waals surface area contributed by atoms with Crippen molar-refractivity contribution in [1.29, 1.82) is 5.26 Å². The molecule has 3 aliphatic heterocycles. The van der Waals surface area contributed by atoms with Gasteiger partial charge in [0.1, 0.15) is 34.4 Å². The van der Waals surface area contributed by atoms with Gasteiger partial charge in [-0.05, 0) is 55.5 Å². The second-order valence-electron chi connectivity index (χ2n) is 12.3. The summed E-state index contributed by atoms with van der Waals surface area (Å²) in [6.07, 6.45) is 0.0596. The Balaban J connectivity index is 0.000000361. The van der Waals surface area contributed by atoms with Gasteiger partial charge in [0.25, 0.3) is 0 Å². The maximum absolute atomic E-state index is 16.5. The van der Waals surface area contributed by atoms with Crippen LogP contribution < -0.4 is 15.4 Å². The largest absolute Gasteiger partial charge is 0.467 e. The summed E-state index contributed by atoms with van der Waals surface area (Å²) in [5.41, 5.74) is 4.53. The summed E-state index contributed by atoms with van der Waals surface area (Å²) < 4.78 is 94.3. The third-order valence-electron chi connectivity index (χ3n) is 9.48. The molecular formula is C33H30F6N8OS. The molecule has 6 heterocycles. The number of hydrogen-bond acceptors (Lipinski definition) is 9. The minimum Gasteiger partial charge on any atom is -0.467 e. The van der Waals surface area contributed by atoms with Gasteiger partial charge >= 0.3 is 12.2 Å². The quantitative estimate of drug-likeness (QED) is 0.206. The number of aryl methyl sites for hydroxylation is 1. The highest BCUT2D eigenvalue weighted by molar-refractivity contribution is 7.23. The molecular weight excluding hydrogens is 670 g/mol. The fourth-order valence-corrected chi connectivity index (χ4v) is 8.11. The van der Waals surface area contributed by atoms with Crippen molar-refractivity contribution in [3.05, 3.63) is 58.4 Å². The molecule has 2 unspecified atom stereocenters. The van der Waals surface area contributed by atoms with E-state index in [1.165, 1.54) is 20.0 Å². The van der Waals surface area contributed by atoms with Crippen molar-refractivity contribution >= 4 is 43.1 Å². The van der Waals surface area contributed by atoms with Crippen LogP contribution in [0, 0.1) is 23.0 Å². The molecule has 0 amide bonds. The van der Waals surface area contributed by atoms with Gasteiger partial charge in [-0.25, -0.2) is 13.2 Å². The third-order valence-corrected chi connectivity index (χ3v) is 10.5. The highest BCUT2D eigenvalue weighted by Gasteiger charge is 2.39. The van der Waals surface area contributed by atoms with Crippen LogP contribution in [0.5, 0.6) is 6.01 Å². The molecule has 0 aliphatic carbocycles. The molecule has 3 aromatic heterocycles. The number of thiophene rings is 1. The van der Waals surface area contributed by atoms with E-state index in [2.05, 4.69) is 20.0 Å². The van der Waals surface area contributed by atoms with Crippen LogP contribution in [0.15, 0.2) is 24.4 Å². The van der Waals surface area contributed by atoms with Crippen molar-refractivity contribution in [2.45, 2.75) is 50.6 Å². The Morgan fingerprint density at radius 1 is 1.16 bits per heavy atom. The van der Waals surface area contributed by atoms with Gasteiger partial charge < -0.3 is 15.4 Å². The summed E-state index contributed by atoms with van der Waals surface area (Å²) in [5.74, 6) is -2.05. The number of nitrogens with two attached hydrogens (primary N) is 1. The van der Waals surface area contributed by atoms with E-state index in [4.69, 9.17) is 10.5 Å². The number of alkyl halides is 4. The van der Waals surface area contributed by atoms with Gasteiger partial charge in [0.15, 0.2) is 5.82 Å². The van der Waals surface area contributed by atoms with Crippen LogP contribution in [-0.2, 0) is 26.2 Å². The highest BCUT2D eigenvalue weighted by atomic mass is 32.1. The van der Waals surface area contributed by atoms with Gasteiger partial charge in [0, 0.05) is 42.5 Å². The Hall–Kier alpha value is -4.62. The number of benzene rings is 2. The molecule has 2 atom stereocenters. The molecule has 5 aromatic rings. The summed E-state index contributed by atoms with van der Waals surface area (Å²) in [4.78, 5) is 12.4. The molecule has 3 aliphatic rings. The predicted octanol–water partition coefficient (Wildman–Crippen LogP) is 6.76. The smallest absolute Gasteiger partial charge is 0.417 e. The van der Waals surface area contributed by atoms with Gasteiger partial charge in [0.05, 0.1) is 41.4 Å². The first-order chi connectivity index (χ1) is 23.4. The van der Waals surface area contributed by atoms with E-state index in [-0.39, 0.29) is 50.0 Å². The first kappa shape index (κ1) is 32.9. The Bertz CT molecular complexity index is 2130. The molecule has 0 radical (unpaired) electrons. The summed E-state index contributed by atoms with van der Waals surface area (Å²) in [7, 11) is 3.02. The molecule has 8 rings (SSSR count). The number of nitrogen functional groups attached to an aromatic ring is 1. The van der Waals surface area contributed by atoms with E-state index >= 15 is 4.39 Å². The fraction of sp³-hybridized carbons (Fsp3) is 0.394. The number of halogens is 6. The monoisotopic (exact) mass is 700 g/mol. The number of aromatic nitrogens is 4. The number of fused-ring (bicyclic) bond motifs is 4. The zero-order chi connectivity index (χ0) is 34.8.